The van der Waals surface area contributed by atoms with E-state index >= 15 is 0 Å². The Balaban J connectivity index is 0. The zero-order valence-electron chi connectivity index (χ0n) is 5.53. The molecule has 1 rings (SSSR count). The Morgan fingerprint density at radius 3 is 2.27 bits per heavy atom. The largest absolute Gasteiger partial charge is 0.325 e. The van der Waals surface area contributed by atoms with Crippen molar-refractivity contribution in [2.45, 2.75) is 6.54 Å². The lowest BCUT2D eigenvalue weighted by Gasteiger charge is -1.91. The zero-order chi connectivity index (χ0) is 6.69. The zero-order valence-corrected chi connectivity index (χ0v) is 7.92. The van der Waals surface area contributed by atoms with Gasteiger partial charge in [0.1, 0.15) is 5.15 Å². The van der Waals surface area contributed by atoms with E-state index in [0.717, 1.165) is 5.69 Å². The number of nitrogens with zero attached hydrogens (tertiary/aromatic N) is 2. The molecule has 0 atom stereocenters. The quantitative estimate of drug-likeness (QED) is 0.773. The van der Waals surface area contributed by atoms with E-state index in [1.54, 1.807) is 6.20 Å². The summed E-state index contributed by atoms with van der Waals surface area (Å²) in [5, 5.41) is 0.396. The molecule has 0 aromatic carbocycles. The molecule has 0 aliphatic heterocycles. The number of aromatic nitrogens is 2. The van der Waals surface area contributed by atoms with E-state index in [0.29, 0.717) is 11.7 Å². The van der Waals surface area contributed by atoms with Crippen molar-refractivity contribution in [1.29, 1.82) is 0 Å². The van der Waals surface area contributed by atoms with Crippen LogP contribution in [0.2, 0.25) is 5.15 Å². The summed E-state index contributed by atoms with van der Waals surface area (Å²) in [6.45, 7) is 0.407. The van der Waals surface area contributed by atoms with Crippen molar-refractivity contribution in [2.24, 2.45) is 5.73 Å². The van der Waals surface area contributed by atoms with Crippen LogP contribution < -0.4 is 5.73 Å². The molecule has 0 saturated carbocycles. The van der Waals surface area contributed by atoms with Crippen LogP contribution in [0.5, 0.6) is 0 Å². The van der Waals surface area contributed by atoms with Crippen molar-refractivity contribution in [3.8, 4) is 0 Å². The first-order valence-corrected chi connectivity index (χ1v) is 2.87. The first-order valence-electron chi connectivity index (χ1n) is 2.49. The maximum atomic E-state index is 5.45. The lowest BCUT2D eigenvalue weighted by atomic mass is 10.5. The maximum Gasteiger partial charge on any atom is 0.147 e. The summed E-state index contributed by atoms with van der Waals surface area (Å²) in [6.07, 6.45) is 3.03. The van der Waals surface area contributed by atoms with Gasteiger partial charge in [0.25, 0.3) is 0 Å². The first-order chi connectivity index (χ1) is 4.33. The number of nitrogens with two attached hydrogens (primary N) is 1. The normalized spacial score (nSPS) is 7.82. The maximum absolute atomic E-state index is 5.45. The van der Waals surface area contributed by atoms with Crippen LogP contribution in [0.25, 0.3) is 0 Å². The minimum absolute atomic E-state index is 0. The second-order valence-corrected chi connectivity index (χ2v) is 1.92. The van der Waals surface area contributed by atoms with Gasteiger partial charge in [0.15, 0.2) is 0 Å². The Hall–Kier alpha value is -0.0900. The minimum Gasteiger partial charge on any atom is -0.325 e. The molecule has 2 N–H and O–H groups in total. The van der Waals surface area contributed by atoms with Crippen LogP contribution in [0.3, 0.4) is 0 Å². The van der Waals surface area contributed by atoms with Crippen molar-refractivity contribution < 1.29 is 0 Å². The summed E-state index contributed by atoms with van der Waals surface area (Å²) in [6, 6.07) is 0. The van der Waals surface area contributed by atoms with Gasteiger partial charge in [-0.2, -0.15) is 0 Å². The molecule has 0 unspecified atom stereocenters. The van der Waals surface area contributed by atoms with Crippen molar-refractivity contribution in [3.05, 3.63) is 23.2 Å². The van der Waals surface area contributed by atoms with Gasteiger partial charge in [-0.1, -0.05) is 11.6 Å². The van der Waals surface area contributed by atoms with Gasteiger partial charge in [-0.15, -0.1) is 24.8 Å². The summed E-state index contributed by atoms with van der Waals surface area (Å²) in [5.41, 5.74) is 6.00. The van der Waals surface area contributed by atoms with E-state index in [2.05, 4.69) is 9.97 Å². The summed E-state index contributed by atoms with van der Waals surface area (Å²) < 4.78 is 0. The molecule has 0 fully saturated rings. The lowest BCUT2D eigenvalue weighted by molar-refractivity contribution is 0.964. The van der Waals surface area contributed by atoms with Crippen LogP contribution in [0.15, 0.2) is 12.4 Å². The molecule has 64 valence electrons. The minimum atomic E-state index is 0. The van der Waals surface area contributed by atoms with Crippen LogP contribution in [-0.2, 0) is 6.54 Å². The average Bonchev–Trinajstić information content (AvgIpc) is 1.90. The molecule has 1 aromatic rings. The molecular formula is C5H8Cl3N3. The van der Waals surface area contributed by atoms with Gasteiger partial charge in [-0.25, -0.2) is 4.98 Å². The van der Waals surface area contributed by atoms with Crippen LogP contribution in [0, 0.1) is 0 Å². The lowest BCUT2D eigenvalue weighted by Crippen LogP contribution is -1.99. The Morgan fingerprint density at radius 1 is 1.27 bits per heavy atom. The Bertz CT molecular complexity index is 189. The molecule has 6 heteroatoms. The van der Waals surface area contributed by atoms with Crippen molar-refractivity contribution >= 4 is 36.4 Å². The molecular weight excluding hydrogens is 208 g/mol. The van der Waals surface area contributed by atoms with Crippen LogP contribution in [0.1, 0.15) is 5.69 Å². The highest BCUT2D eigenvalue weighted by molar-refractivity contribution is 6.29. The third-order valence-corrected chi connectivity index (χ3v) is 1.08. The summed E-state index contributed by atoms with van der Waals surface area (Å²) >= 11 is 5.45. The average molecular weight is 216 g/mol. The molecule has 0 aliphatic rings. The summed E-state index contributed by atoms with van der Waals surface area (Å²) in [4.78, 5) is 7.65. The van der Waals surface area contributed by atoms with E-state index in [1.807, 2.05) is 0 Å². The van der Waals surface area contributed by atoms with Crippen LogP contribution >= 0.6 is 36.4 Å². The standard InChI is InChI=1S/C5H6ClN3.2ClH/c6-5-3-8-4(1-7)2-9-5;;/h2-3H,1,7H2;2*1H. The number of hydrogen-bond donors (Lipinski definition) is 1. The predicted octanol–water partition coefficient (Wildman–Crippen LogP) is 1.43. The molecule has 0 amide bonds. The van der Waals surface area contributed by atoms with Crippen LogP contribution in [-0.4, -0.2) is 9.97 Å². The van der Waals surface area contributed by atoms with E-state index in [1.165, 1.54) is 6.20 Å². The Kier molecular flexibility index (Phi) is 8.11. The molecule has 11 heavy (non-hydrogen) atoms. The molecule has 0 spiro atoms. The fourth-order valence-electron chi connectivity index (χ4n) is 0.444. The van der Waals surface area contributed by atoms with Gasteiger partial charge >= 0.3 is 0 Å². The monoisotopic (exact) mass is 215 g/mol. The van der Waals surface area contributed by atoms with Gasteiger partial charge in [-0.3, -0.25) is 4.98 Å². The van der Waals surface area contributed by atoms with E-state index in [4.69, 9.17) is 17.3 Å². The molecule has 0 saturated heterocycles. The van der Waals surface area contributed by atoms with Gasteiger partial charge < -0.3 is 5.73 Å². The third-order valence-electron chi connectivity index (χ3n) is 0.883. The summed E-state index contributed by atoms with van der Waals surface area (Å²) in [5.74, 6) is 0. The van der Waals surface area contributed by atoms with Gasteiger partial charge in [0, 0.05) is 6.54 Å². The SMILES string of the molecule is Cl.Cl.NCc1cnc(Cl)cn1. The fourth-order valence-corrected chi connectivity index (χ4v) is 0.542. The second-order valence-electron chi connectivity index (χ2n) is 1.53. The molecule has 0 bridgehead atoms. The highest BCUT2D eigenvalue weighted by Gasteiger charge is 1.89. The van der Waals surface area contributed by atoms with Gasteiger partial charge in [-0.05, 0) is 0 Å². The highest BCUT2D eigenvalue weighted by Crippen LogP contribution is 1.99. The van der Waals surface area contributed by atoms with E-state index in [-0.39, 0.29) is 24.8 Å². The molecule has 3 nitrogen and oxygen atoms in total. The van der Waals surface area contributed by atoms with Gasteiger partial charge in [0.2, 0.25) is 0 Å². The van der Waals surface area contributed by atoms with Crippen molar-refractivity contribution in [3.63, 3.8) is 0 Å². The third kappa shape index (κ3) is 4.37. The molecule has 0 radical (unpaired) electrons. The fraction of sp³-hybridized carbons (Fsp3) is 0.200. The topological polar surface area (TPSA) is 51.8 Å². The Labute approximate surface area is 82.2 Å². The summed E-state index contributed by atoms with van der Waals surface area (Å²) in [7, 11) is 0. The molecule has 1 aromatic heterocycles. The van der Waals surface area contributed by atoms with E-state index < -0.39 is 0 Å². The highest BCUT2D eigenvalue weighted by atomic mass is 35.5. The molecule has 0 aliphatic carbocycles. The smallest absolute Gasteiger partial charge is 0.147 e. The predicted molar refractivity (Wildman–Crippen MR) is 49.4 cm³/mol. The van der Waals surface area contributed by atoms with Crippen molar-refractivity contribution in [1.82, 2.24) is 9.97 Å². The first kappa shape index (κ1) is 13.5. The molecule has 1 heterocycles. The number of halogens is 3. The Morgan fingerprint density at radius 2 is 1.91 bits per heavy atom. The van der Waals surface area contributed by atoms with E-state index in [9.17, 15) is 0 Å². The number of rotatable bonds is 1. The van der Waals surface area contributed by atoms with Crippen molar-refractivity contribution in [2.75, 3.05) is 0 Å². The number of hydrogen-bond acceptors (Lipinski definition) is 3. The van der Waals surface area contributed by atoms with Crippen LogP contribution in [0.4, 0.5) is 0 Å². The second kappa shape index (κ2) is 6.61. The van der Waals surface area contributed by atoms with Gasteiger partial charge in [0.05, 0.1) is 18.1 Å².